The zero-order chi connectivity index (χ0) is 12.6. The number of benzene rings is 1. The molecule has 1 heterocycles. The Morgan fingerprint density at radius 3 is 2.12 bits per heavy atom. The molecule has 4 heteroatoms. The van der Waals surface area contributed by atoms with Gasteiger partial charge in [0.2, 0.25) is 0 Å². The fourth-order valence-electron chi connectivity index (χ4n) is 1.94. The Kier molecular flexibility index (Phi) is 3.11. The molecule has 88 valence electrons. The maximum atomic E-state index is 5.87. The molecule has 0 bridgehead atoms. The van der Waals surface area contributed by atoms with E-state index >= 15 is 0 Å². The van der Waals surface area contributed by atoms with Gasteiger partial charge in [0.05, 0.1) is 6.20 Å². The molecule has 2 rings (SSSR count). The van der Waals surface area contributed by atoms with E-state index < -0.39 is 0 Å². The van der Waals surface area contributed by atoms with Gasteiger partial charge >= 0.3 is 0 Å². The minimum Gasteiger partial charge on any atom is -0.213 e. The van der Waals surface area contributed by atoms with Crippen LogP contribution in [0.2, 0.25) is 5.15 Å². The van der Waals surface area contributed by atoms with Crippen LogP contribution in [0.3, 0.4) is 0 Å². The van der Waals surface area contributed by atoms with E-state index in [4.69, 9.17) is 11.6 Å². The third-order valence-electron chi connectivity index (χ3n) is 3.12. The summed E-state index contributed by atoms with van der Waals surface area (Å²) in [5.74, 6) is 0.597. The van der Waals surface area contributed by atoms with Crippen molar-refractivity contribution < 1.29 is 0 Å². The van der Waals surface area contributed by atoms with E-state index in [0.29, 0.717) is 11.0 Å². The Hall–Kier alpha value is -1.48. The van der Waals surface area contributed by atoms with Crippen molar-refractivity contribution in [1.82, 2.24) is 15.2 Å². The predicted octanol–water partition coefficient (Wildman–Crippen LogP) is 3.43. The smallest absolute Gasteiger partial charge is 0.183 e. The summed E-state index contributed by atoms with van der Waals surface area (Å²) in [6, 6.07) is 2.17. The molecular formula is C13H14ClN3. The van der Waals surface area contributed by atoms with Gasteiger partial charge in [-0.25, -0.2) is 4.98 Å². The third-order valence-corrected chi connectivity index (χ3v) is 3.30. The average Bonchev–Trinajstić information content (AvgIpc) is 2.27. The van der Waals surface area contributed by atoms with Crippen LogP contribution in [-0.2, 0) is 0 Å². The highest BCUT2D eigenvalue weighted by atomic mass is 35.5. The van der Waals surface area contributed by atoms with Crippen LogP contribution in [0.1, 0.15) is 22.3 Å². The van der Waals surface area contributed by atoms with Gasteiger partial charge in [-0.2, -0.15) is 5.10 Å². The van der Waals surface area contributed by atoms with Gasteiger partial charge in [-0.05, 0) is 49.9 Å². The molecule has 0 aliphatic rings. The number of rotatable bonds is 1. The molecule has 0 aliphatic heterocycles. The highest BCUT2D eigenvalue weighted by molar-refractivity contribution is 6.29. The molecule has 1 aromatic heterocycles. The summed E-state index contributed by atoms with van der Waals surface area (Å²) >= 11 is 5.87. The summed E-state index contributed by atoms with van der Waals surface area (Å²) in [7, 11) is 0. The first-order valence-electron chi connectivity index (χ1n) is 5.43. The van der Waals surface area contributed by atoms with Crippen molar-refractivity contribution in [3.05, 3.63) is 39.7 Å². The predicted molar refractivity (Wildman–Crippen MR) is 69.2 cm³/mol. The number of nitrogens with zero attached hydrogens (tertiary/aromatic N) is 3. The minimum atomic E-state index is 0.368. The summed E-state index contributed by atoms with van der Waals surface area (Å²) in [6.07, 6.45) is 1.44. The lowest BCUT2D eigenvalue weighted by atomic mass is 9.94. The number of halogens is 1. The van der Waals surface area contributed by atoms with Crippen molar-refractivity contribution >= 4 is 11.6 Å². The van der Waals surface area contributed by atoms with E-state index in [-0.39, 0.29) is 0 Å². The number of hydrogen-bond acceptors (Lipinski definition) is 3. The summed E-state index contributed by atoms with van der Waals surface area (Å²) < 4.78 is 0. The van der Waals surface area contributed by atoms with Crippen LogP contribution in [-0.4, -0.2) is 15.2 Å². The fourth-order valence-corrected chi connectivity index (χ4v) is 2.07. The molecule has 2 aromatic rings. The second-order valence-corrected chi connectivity index (χ2v) is 4.63. The Bertz CT molecular complexity index is 553. The van der Waals surface area contributed by atoms with Crippen molar-refractivity contribution in [1.29, 1.82) is 0 Å². The van der Waals surface area contributed by atoms with Gasteiger partial charge in [0.15, 0.2) is 11.0 Å². The van der Waals surface area contributed by atoms with Crippen LogP contribution >= 0.6 is 11.6 Å². The van der Waals surface area contributed by atoms with Crippen LogP contribution in [0, 0.1) is 27.7 Å². The number of hydrogen-bond donors (Lipinski definition) is 0. The van der Waals surface area contributed by atoms with E-state index in [1.54, 1.807) is 0 Å². The molecule has 0 N–H and O–H groups in total. The molecule has 17 heavy (non-hydrogen) atoms. The van der Waals surface area contributed by atoms with Crippen molar-refractivity contribution in [3.63, 3.8) is 0 Å². The Balaban J connectivity index is 2.75. The fraction of sp³-hybridized carbons (Fsp3) is 0.308. The summed E-state index contributed by atoms with van der Waals surface area (Å²) in [4.78, 5) is 4.24. The lowest BCUT2D eigenvalue weighted by Crippen LogP contribution is -2.00. The van der Waals surface area contributed by atoms with Gasteiger partial charge < -0.3 is 0 Å². The number of aromatic nitrogens is 3. The quantitative estimate of drug-likeness (QED) is 0.775. The van der Waals surface area contributed by atoms with Gasteiger partial charge in [0.1, 0.15) is 0 Å². The largest absolute Gasteiger partial charge is 0.213 e. The van der Waals surface area contributed by atoms with Gasteiger partial charge in [0.25, 0.3) is 0 Å². The molecule has 0 saturated heterocycles. The maximum Gasteiger partial charge on any atom is 0.183 e. The molecule has 0 amide bonds. The van der Waals surface area contributed by atoms with Gasteiger partial charge in [-0.15, -0.1) is 5.10 Å². The monoisotopic (exact) mass is 247 g/mol. The summed E-state index contributed by atoms with van der Waals surface area (Å²) in [5, 5.41) is 8.29. The van der Waals surface area contributed by atoms with Crippen LogP contribution < -0.4 is 0 Å². The second kappa shape index (κ2) is 4.41. The second-order valence-electron chi connectivity index (χ2n) is 4.24. The lowest BCUT2D eigenvalue weighted by molar-refractivity contribution is 0.973. The van der Waals surface area contributed by atoms with Crippen molar-refractivity contribution in [3.8, 4) is 11.4 Å². The zero-order valence-corrected chi connectivity index (χ0v) is 11.1. The van der Waals surface area contributed by atoms with E-state index in [1.165, 1.54) is 28.5 Å². The van der Waals surface area contributed by atoms with Crippen molar-refractivity contribution in [2.45, 2.75) is 27.7 Å². The first-order valence-corrected chi connectivity index (χ1v) is 5.81. The minimum absolute atomic E-state index is 0.368. The van der Waals surface area contributed by atoms with Crippen molar-refractivity contribution in [2.24, 2.45) is 0 Å². The number of aryl methyl sites for hydroxylation is 2. The molecule has 0 aliphatic carbocycles. The van der Waals surface area contributed by atoms with Crippen LogP contribution in [0.25, 0.3) is 11.4 Å². The molecular weight excluding hydrogens is 234 g/mol. The molecule has 0 fully saturated rings. The SMILES string of the molecule is Cc1cc(C)c(C)c(-c2nncc(Cl)n2)c1C. The van der Waals surface area contributed by atoms with Crippen molar-refractivity contribution in [2.75, 3.05) is 0 Å². The first-order chi connectivity index (χ1) is 8.00. The normalized spacial score (nSPS) is 10.6. The third kappa shape index (κ3) is 2.15. The first kappa shape index (κ1) is 12.0. The maximum absolute atomic E-state index is 5.87. The summed E-state index contributed by atoms with van der Waals surface area (Å²) in [6.45, 7) is 8.31. The van der Waals surface area contributed by atoms with Gasteiger partial charge in [-0.1, -0.05) is 17.7 Å². The van der Waals surface area contributed by atoms with E-state index in [0.717, 1.165) is 5.56 Å². The molecule has 0 unspecified atom stereocenters. The molecule has 1 aromatic carbocycles. The molecule has 3 nitrogen and oxygen atoms in total. The zero-order valence-electron chi connectivity index (χ0n) is 10.4. The van der Waals surface area contributed by atoms with E-state index in [2.05, 4.69) is 48.9 Å². The van der Waals surface area contributed by atoms with Crippen LogP contribution in [0.15, 0.2) is 12.3 Å². The van der Waals surface area contributed by atoms with Crippen LogP contribution in [0.4, 0.5) is 0 Å². The van der Waals surface area contributed by atoms with Gasteiger partial charge in [0, 0.05) is 5.56 Å². The molecule has 0 saturated carbocycles. The highest BCUT2D eigenvalue weighted by Crippen LogP contribution is 2.29. The van der Waals surface area contributed by atoms with E-state index in [9.17, 15) is 0 Å². The Labute approximate surface area is 106 Å². The molecule has 0 radical (unpaired) electrons. The lowest BCUT2D eigenvalue weighted by Gasteiger charge is -2.13. The molecule has 0 spiro atoms. The Morgan fingerprint density at radius 2 is 1.59 bits per heavy atom. The Morgan fingerprint density at radius 1 is 1.00 bits per heavy atom. The van der Waals surface area contributed by atoms with Crippen LogP contribution in [0.5, 0.6) is 0 Å². The highest BCUT2D eigenvalue weighted by Gasteiger charge is 2.13. The standard InChI is InChI=1S/C13H14ClN3/c1-7-5-8(2)10(4)12(9(7)3)13-16-11(14)6-15-17-13/h5-6H,1-4H3. The summed E-state index contributed by atoms with van der Waals surface area (Å²) in [5.41, 5.74) is 5.85. The van der Waals surface area contributed by atoms with Gasteiger partial charge in [-0.3, -0.25) is 0 Å². The average molecular weight is 248 g/mol. The van der Waals surface area contributed by atoms with E-state index in [1.807, 2.05) is 0 Å². The molecule has 0 atom stereocenters. The topological polar surface area (TPSA) is 38.7 Å².